The molecule has 9 heteroatoms. The Kier molecular flexibility index (Phi) is 5.46. The van der Waals surface area contributed by atoms with Gasteiger partial charge in [-0.25, -0.2) is 4.79 Å². The summed E-state index contributed by atoms with van der Waals surface area (Å²) in [5.74, 6) is -1.23. The van der Waals surface area contributed by atoms with Crippen LogP contribution in [-0.4, -0.2) is 54.4 Å². The van der Waals surface area contributed by atoms with E-state index >= 15 is 0 Å². The second kappa shape index (κ2) is 7.22. The molecule has 0 saturated carbocycles. The number of ketones is 1. The van der Waals surface area contributed by atoms with E-state index in [1.807, 2.05) is 0 Å². The number of nitrogens with one attached hydrogen (secondary N) is 1. The number of methoxy groups -OCH3 is 1. The van der Waals surface area contributed by atoms with Crippen molar-refractivity contribution in [1.82, 2.24) is 10.2 Å². The second-order valence-electron chi connectivity index (χ2n) is 5.88. The van der Waals surface area contributed by atoms with Crippen LogP contribution in [0.2, 0.25) is 0 Å². The molecule has 1 aromatic rings. The summed E-state index contributed by atoms with van der Waals surface area (Å²) in [5.41, 5.74) is -0.737. The highest BCUT2D eigenvalue weighted by atomic mass is 79.9. The first-order chi connectivity index (χ1) is 11.7. The number of Topliss-reactive ketones (excluding diaryl/α,β-unsaturated/α-hetero) is 1. The second-order valence-corrected chi connectivity index (χ2v) is 6.73. The minimum atomic E-state index is -1.07. The molecule has 0 radical (unpaired) electrons. The molecule has 0 unspecified atom stereocenters. The van der Waals surface area contributed by atoms with Crippen LogP contribution in [0.15, 0.2) is 22.7 Å². The first-order valence-electron chi connectivity index (χ1n) is 7.32. The fourth-order valence-corrected chi connectivity index (χ4v) is 2.75. The van der Waals surface area contributed by atoms with Gasteiger partial charge in [-0.05, 0) is 48.0 Å². The Morgan fingerprint density at radius 1 is 1.28 bits per heavy atom. The molecule has 1 aromatic carbocycles. The zero-order valence-electron chi connectivity index (χ0n) is 13.9. The average Bonchev–Trinajstić information content (AvgIpc) is 2.74. The highest BCUT2D eigenvalue weighted by molar-refractivity contribution is 9.10. The predicted molar refractivity (Wildman–Crippen MR) is 90.3 cm³/mol. The summed E-state index contributed by atoms with van der Waals surface area (Å²) >= 11 is 3.26. The largest absolute Gasteiger partial charge is 0.496 e. The Bertz CT molecular complexity index is 746. The van der Waals surface area contributed by atoms with Crippen molar-refractivity contribution in [2.24, 2.45) is 0 Å². The maximum absolute atomic E-state index is 12.1. The van der Waals surface area contributed by atoms with Gasteiger partial charge in [0.15, 0.2) is 12.4 Å². The maximum Gasteiger partial charge on any atom is 0.326 e. The van der Waals surface area contributed by atoms with Gasteiger partial charge in [0.25, 0.3) is 5.91 Å². The van der Waals surface area contributed by atoms with Crippen LogP contribution in [-0.2, 0) is 14.3 Å². The number of hydrogen-bond donors (Lipinski definition) is 1. The molecule has 1 N–H and O–H groups in total. The molecule has 0 aliphatic carbocycles. The van der Waals surface area contributed by atoms with Gasteiger partial charge in [-0.3, -0.25) is 19.3 Å². The van der Waals surface area contributed by atoms with Crippen molar-refractivity contribution in [2.45, 2.75) is 19.4 Å². The lowest BCUT2D eigenvalue weighted by Crippen LogP contribution is -2.41. The summed E-state index contributed by atoms with van der Waals surface area (Å²) in [5, 5.41) is 2.45. The first-order valence-corrected chi connectivity index (χ1v) is 8.11. The van der Waals surface area contributed by atoms with Gasteiger partial charge >= 0.3 is 12.0 Å². The van der Waals surface area contributed by atoms with Gasteiger partial charge < -0.3 is 14.8 Å². The average molecular weight is 413 g/mol. The molecule has 1 heterocycles. The van der Waals surface area contributed by atoms with Crippen LogP contribution in [0.1, 0.15) is 24.2 Å². The zero-order chi connectivity index (χ0) is 18.8. The number of amides is 3. The third kappa shape index (κ3) is 4.16. The van der Waals surface area contributed by atoms with E-state index < -0.39 is 42.4 Å². The minimum Gasteiger partial charge on any atom is -0.496 e. The standard InChI is InChI=1S/C16H17BrN2O6/c1-16(2)14(22)19(15(23)18-16)7-13(21)25-8-11(20)9-4-5-12(24-3)10(17)6-9/h4-6H,7-8H2,1-3H3,(H,18,23). The van der Waals surface area contributed by atoms with Crippen LogP contribution in [0, 0.1) is 0 Å². The summed E-state index contributed by atoms with van der Waals surface area (Å²) in [6.45, 7) is 2.02. The lowest BCUT2D eigenvalue weighted by Gasteiger charge is -2.15. The number of rotatable bonds is 6. The topological polar surface area (TPSA) is 102 Å². The van der Waals surface area contributed by atoms with E-state index in [2.05, 4.69) is 21.2 Å². The van der Waals surface area contributed by atoms with E-state index in [-0.39, 0.29) is 0 Å². The zero-order valence-corrected chi connectivity index (χ0v) is 15.5. The molecule has 0 atom stereocenters. The van der Waals surface area contributed by atoms with E-state index in [0.717, 1.165) is 4.90 Å². The summed E-state index contributed by atoms with van der Waals surface area (Å²) < 4.78 is 10.5. The highest BCUT2D eigenvalue weighted by Crippen LogP contribution is 2.25. The number of esters is 1. The van der Waals surface area contributed by atoms with Crippen LogP contribution in [0.4, 0.5) is 4.79 Å². The third-order valence-electron chi connectivity index (χ3n) is 3.57. The lowest BCUT2D eigenvalue weighted by atomic mass is 10.1. The number of benzene rings is 1. The first kappa shape index (κ1) is 18.9. The Morgan fingerprint density at radius 3 is 2.48 bits per heavy atom. The number of carbonyl (C=O) groups excluding carboxylic acids is 4. The smallest absolute Gasteiger partial charge is 0.326 e. The van der Waals surface area contributed by atoms with Gasteiger partial charge in [0, 0.05) is 5.56 Å². The van der Waals surface area contributed by atoms with E-state index in [1.54, 1.807) is 18.2 Å². The molecule has 1 fully saturated rings. The number of carbonyl (C=O) groups is 4. The minimum absolute atomic E-state index is 0.330. The number of ether oxygens (including phenoxy) is 2. The van der Waals surface area contributed by atoms with Gasteiger partial charge in [-0.15, -0.1) is 0 Å². The molecular weight excluding hydrogens is 396 g/mol. The molecule has 1 aliphatic rings. The predicted octanol–water partition coefficient (Wildman–Crippen LogP) is 1.51. The van der Waals surface area contributed by atoms with Gasteiger partial charge in [-0.2, -0.15) is 0 Å². The van der Waals surface area contributed by atoms with Crippen LogP contribution in [0.5, 0.6) is 5.75 Å². The normalized spacial score (nSPS) is 15.8. The third-order valence-corrected chi connectivity index (χ3v) is 4.19. The van der Waals surface area contributed by atoms with Gasteiger partial charge in [0.05, 0.1) is 11.6 Å². The van der Waals surface area contributed by atoms with Crippen LogP contribution in [0.25, 0.3) is 0 Å². The maximum atomic E-state index is 12.1. The van der Waals surface area contributed by atoms with E-state index in [1.165, 1.54) is 21.0 Å². The number of halogens is 1. The molecule has 3 amide bonds. The number of nitrogens with zero attached hydrogens (tertiary/aromatic N) is 1. The number of hydrogen-bond acceptors (Lipinski definition) is 6. The van der Waals surface area contributed by atoms with Crippen LogP contribution in [0.3, 0.4) is 0 Å². The molecule has 1 aliphatic heterocycles. The monoisotopic (exact) mass is 412 g/mol. The SMILES string of the molecule is COc1ccc(C(=O)COC(=O)CN2C(=O)NC(C)(C)C2=O)cc1Br. The summed E-state index contributed by atoms with van der Waals surface area (Å²) in [6.07, 6.45) is 0. The number of imide groups is 1. The molecule has 134 valence electrons. The Labute approximate surface area is 152 Å². The van der Waals surface area contributed by atoms with Crippen molar-refractivity contribution in [3.8, 4) is 5.75 Å². The molecule has 0 bridgehead atoms. The van der Waals surface area contributed by atoms with Crippen molar-refractivity contribution in [3.63, 3.8) is 0 Å². The van der Waals surface area contributed by atoms with Crippen molar-refractivity contribution in [2.75, 3.05) is 20.3 Å². The molecule has 2 rings (SSSR count). The highest BCUT2D eigenvalue weighted by Gasteiger charge is 2.45. The molecule has 0 spiro atoms. The van der Waals surface area contributed by atoms with Gasteiger partial charge in [0.2, 0.25) is 0 Å². The molecular formula is C16H17BrN2O6. The van der Waals surface area contributed by atoms with E-state index in [9.17, 15) is 19.2 Å². The van der Waals surface area contributed by atoms with E-state index in [0.29, 0.717) is 15.8 Å². The van der Waals surface area contributed by atoms with Crippen molar-refractivity contribution >= 4 is 39.6 Å². The molecule has 8 nitrogen and oxygen atoms in total. The lowest BCUT2D eigenvalue weighted by molar-refractivity contribution is -0.146. The van der Waals surface area contributed by atoms with Crippen molar-refractivity contribution in [1.29, 1.82) is 0 Å². The Morgan fingerprint density at radius 2 is 1.96 bits per heavy atom. The number of urea groups is 1. The molecule has 0 aromatic heterocycles. The van der Waals surface area contributed by atoms with Crippen LogP contribution < -0.4 is 10.1 Å². The van der Waals surface area contributed by atoms with Gasteiger partial charge in [-0.1, -0.05) is 0 Å². The quantitative estimate of drug-likeness (QED) is 0.431. The summed E-state index contributed by atoms with van der Waals surface area (Å²) in [4.78, 5) is 48.3. The molecule has 1 saturated heterocycles. The van der Waals surface area contributed by atoms with Crippen LogP contribution >= 0.6 is 15.9 Å². The molecule has 25 heavy (non-hydrogen) atoms. The van der Waals surface area contributed by atoms with Crippen molar-refractivity contribution < 1.29 is 28.7 Å². The Balaban J connectivity index is 1.92. The van der Waals surface area contributed by atoms with Crippen molar-refractivity contribution in [3.05, 3.63) is 28.2 Å². The summed E-state index contributed by atoms with van der Waals surface area (Å²) in [6, 6.07) is 4.03. The summed E-state index contributed by atoms with van der Waals surface area (Å²) in [7, 11) is 1.50. The van der Waals surface area contributed by atoms with Gasteiger partial charge in [0.1, 0.15) is 17.8 Å². The fraction of sp³-hybridized carbons (Fsp3) is 0.375. The Hall–Kier alpha value is -2.42. The fourth-order valence-electron chi connectivity index (χ4n) is 2.21. The van der Waals surface area contributed by atoms with E-state index in [4.69, 9.17) is 9.47 Å².